The highest BCUT2D eigenvalue weighted by Gasteiger charge is 2.84. The lowest BCUT2D eigenvalue weighted by atomic mass is 9.96. The SMILES string of the molecule is CCC(CO)NC(=O)C(F)(F)C(F)(F)C(F)(F)C(F)(F)C(=O)NC(CC)CO. The van der Waals surface area contributed by atoms with Crippen LogP contribution in [0.2, 0.25) is 0 Å². The molecular formula is C14H20F8N2O4. The fraction of sp³-hybridized carbons (Fsp3) is 0.857. The molecule has 2 unspecified atom stereocenters. The van der Waals surface area contributed by atoms with Crippen LogP contribution in [0.1, 0.15) is 26.7 Å². The number of carbonyl (C=O) groups excluding carboxylic acids is 2. The first kappa shape index (κ1) is 26.3. The third kappa shape index (κ3) is 4.64. The van der Waals surface area contributed by atoms with E-state index in [4.69, 9.17) is 10.2 Å². The van der Waals surface area contributed by atoms with Crippen molar-refractivity contribution >= 4 is 11.8 Å². The molecule has 6 nitrogen and oxygen atoms in total. The Kier molecular flexibility index (Phi) is 8.64. The molecule has 0 aromatic carbocycles. The van der Waals surface area contributed by atoms with Crippen LogP contribution >= 0.6 is 0 Å². The van der Waals surface area contributed by atoms with Gasteiger partial charge in [-0.1, -0.05) is 13.8 Å². The monoisotopic (exact) mass is 432 g/mol. The van der Waals surface area contributed by atoms with Crippen LogP contribution in [0.3, 0.4) is 0 Å². The highest BCUT2D eigenvalue weighted by Crippen LogP contribution is 2.52. The molecule has 4 N–H and O–H groups in total. The predicted octanol–water partition coefficient (Wildman–Crippen LogP) is 1.30. The van der Waals surface area contributed by atoms with E-state index in [1.807, 2.05) is 0 Å². The van der Waals surface area contributed by atoms with E-state index >= 15 is 0 Å². The summed E-state index contributed by atoms with van der Waals surface area (Å²) in [5.74, 6) is -32.8. The van der Waals surface area contributed by atoms with Crippen molar-refractivity contribution in [2.45, 2.75) is 62.5 Å². The van der Waals surface area contributed by atoms with Gasteiger partial charge in [-0.05, 0) is 12.8 Å². The predicted molar refractivity (Wildman–Crippen MR) is 78.4 cm³/mol. The third-order valence-electron chi connectivity index (χ3n) is 3.85. The van der Waals surface area contributed by atoms with Crippen molar-refractivity contribution in [2.75, 3.05) is 13.2 Å². The molecule has 0 aliphatic carbocycles. The lowest BCUT2D eigenvalue weighted by Gasteiger charge is -2.36. The van der Waals surface area contributed by atoms with Crippen molar-refractivity contribution in [3.63, 3.8) is 0 Å². The quantitative estimate of drug-likeness (QED) is 0.370. The number of alkyl halides is 8. The largest absolute Gasteiger partial charge is 0.394 e. The molecule has 166 valence electrons. The Hall–Kier alpha value is -1.70. The van der Waals surface area contributed by atoms with Crippen LogP contribution in [0.25, 0.3) is 0 Å². The van der Waals surface area contributed by atoms with Crippen LogP contribution < -0.4 is 10.6 Å². The maximum atomic E-state index is 13.7. The van der Waals surface area contributed by atoms with E-state index in [-0.39, 0.29) is 12.8 Å². The Morgan fingerprint density at radius 3 is 1.14 bits per heavy atom. The van der Waals surface area contributed by atoms with Gasteiger partial charge in [0, 0.05) is 0 Å². The first-order valence-corrected chi connectivity index (χ1v) is 7.93. The number of hydrogen-bond acceptors (Lipinski definition) is 4. The number of carbonyl (C=O) groups is 2. The summed E-state index contributed by atoms with van der Waals surface area (Å²) in [6, 6.07) is -3.05. The van der Waals surface area contributed by atoms with Gasteiger partial charge < -0.3 is 20.8 Å². The minimum absolute atomic E-state index is 0.265. The average Bonchev–Trinajstić information content (AvgIpc) is 2.62. The summed E-state index contributed by atoms with van der Waals surface area (Å²) >= 11 is 0. The number of rotatable bonds is 11. The Morgan fingerprint density at radius 1 is 0.714 bits per heavy atom. The zero-order valence-corrected chi connectivity index (χ0v) is 14.7. The van der Waals surface area contributed by atoms with Crippen LogP contribution in [0.15, 0.2) is 0 Å². The van der Waals surface area contributed by atoms with Crippen LogP contribution in [0.4, 0.5) is 35.1 Å². The number of nitrogens with one attached hydrogen (secondary N) is 2. The zero-order chi connectivity index (χ0) is 22.6. The summed E-state index contributed by atoms with van der Waals surface area (Å²) in [7, 11) is 0. The molecule has 0 saturated carbocycles. The van der Waals surface area contributed by atoms with Gasteiger partial charge in [-0.25, -0.2) is 0 Å². The third-order valence-corrected chi connectivity index (χ3v) is 3.85. The number of halogens is 8. The van der Waals surface area contributed by atoms with Gasteiger partial charge in [0.1, 0.15) is 0 Å². The van der Waals surface area contributed by atoms with E-state index in [0.717, 1.165) is 10.6 Å². The van der Waals surface area contributed by atoms with Crippen LogP contribution in [0, 0.1) is 0 Å². The van der Waals surface area contributed by atoms with E-state index < -0.39 is 60.8 Å². The van der Waals surface area contributed by atoms with Crippen molar-refractivity contribution < 1.29 is 54.9 Å². The molecule has 0 saturated heterocycles. The van der Waals surface area contributed by atoms with Gasteiger partial charge in [0.2, 0.25) is 0 Å². The van der Waals surface area contributed by atoms with Crippen LogP contribution in [-0.4, -0.2) is 71.0 Å². The first-order valence-electron chi connectivity index (χ1n) is 7.93. The van der Waals surface area contributed by atoms with Crippen molar-refractivity contribution in [3.05, 3.63) is 0 Å². The van der Waals surface area contributed by atoms with Gasteiger partial charge in [-0.15, -0.1) is 0 Å². The minimum atomic E-state index is -6.99. The normalized spacial score (nSPS) is 15.7. The molecule has 28 heavy (non-hydrogen) atoms. The van der Waals surface area contributed by atoms with Gasteiger partial charge in [0.15, 0.2) is 0 Å². The molecule has 14 heteroatoms. The smallest absolute Gasteiger partial charge is 0.392 e. The molecule has 0 aromatic rings. The lowest BCUT2D eigenvalue weighted by molar-refractivity contribution is -0.347. The maximum absolute atomic E-state index is 13.7. The minimum Gasteiger partial charge on any atom is -0.394 e. The molecule has 0 radical (unpaired) electrons. The molecule has 0 aliphatic rings. The summed E-state index contributed by atoms with van der Waals surface area (Å²) in [6.07, 6.45) is -0.531. The molecule has 0 bridgehead atoms. The summed E-state index contributed by atoms with van der Waals surface area (Å²) in [4.78, 5) is 22.6. The Bertz CT molecular complexity index is 503. The van der Waals surface area contributed by atoms with Gasteiger partial charge >= 0.3 is 23.7 Å². The Labute approximate surface area is 154 Å². The Balaban J connectivity index is 5.86. The maximum Gasteiger partial charge on any atom is 0.392 e. The van der Waals surface area contributed by atoms with Crippen LogP contribution in [-0.2, 0) is 9.59 Å². The lowest BCUT2D eigenvalue weighted by Crippen LogP contribution is -2.69. The van der Waals surface area contributed by atoms with E-state index in [2.05, 4.69) is 0 Å². The van der Waals surface area contributed by atoms with Crippen molar-refractivity contribution in [1.82, 2.24) is 10.6 Å². The van der Waals surface area contributed by atoms with E-state index in [1.54, 1.807) is 0 Å². The Morgan fingerprint density at radius 2 is 0.964 bits per heavy atom. The van der Waals surface area contributed by atoms with Gasteiger partial charge in [-0.2, -0.15) is 35.1 Å². The highest BCUT2D eigenvalue weighted by molar-refractivity contribution is 5.87. The van der Waals surface area contributed by atoms with Crippen molar-refractivity contribution in [1.29, 1.82) is 0 Å². The second kappa shape index (κ2) is 9.20. The molecule has 0 fully saturated rings. The fourth-order valence-corrected chi connectivity index (χ4v) is 1.79. The second-order valence-corrected chi connectivity index (χ2v) is 5.82. The number of hydrogen-bond donors (Lipinski definition) is 4. The summed E-state index contributed by atoms with van der Waals surface area (Å²) in [6.45, 7) is 0.405. The molecule has 0 heterocycles. The number of aliphatic hydroxyl groups is 2. The zero-order valence-electron chi connectivity index (χ0n) is 14.7. The highest BCUT2D eigenvalue weighted by atomic mass is 19.4. The summed E-state index contributed by atoms with van der Waals surface area (Å²) in [5, 5.41) is 19.8. The first-order chi connectivity index (χ1) is 12.6. The number of aliphatic hydroxyl groups excluding tert-OH is 2. The van der Waals surface area contributed by atoms with Crippen LogP contribution in [0.5, 0.6) is 0 Å². The molecule has 2 amide bonds. The van der Waals surface area contributed by atoms with E-state index in [0.29, 0.717) is 0 Å². The molecule has 0 rings (SSSR count). The molecular weight excluding hydrogens is 412 g/mol. The fourth-order valence-electron chi connectivity index (χ4n) is 1.79. The molecule has 0 aliphatic heterocycles. The van der Waals surface area contributed by atoms with Crippen molar-refractivity contribution in [2.24, 2.45) is 0 Å². The topological polar surface area (TPSA) is 98.7 Å². The van der Waals surface area contributed by atoms with Gasteiger partial charge in [0.05, 0.1) is 25.3 Å². The van der Waals surface area contributed by atoms with E-state index in [1.165, 1.54) is 13.8 Å². The van der Waals surface area contributed by atoms with Gasteiger partial charge in [-0.3, -0.25) is 9.59 Å². The van der Waals surface area contributed by atoms with Crippen molar-refractivity contribution in [3.8, 4) is 0 Å². The number of amides is 2. The van der Waals surface area contributed by atoms with E-state index in [9.17, 15) is 44.7 Å². The molecule has 0 spiro atoms. The van der Waals surface area contributed by atoms with Gasteiger partial charge in [0.25, 0.3) is 11.8 Å². The molecule has 2 atom stereocenters. The average molecular weight is 432 g/mol. The standard InChI is InChI=1S/C14H20F8N2O4/c1-3-7(5-25)23-9(27)11(15,16)13(19,20)14(21,22)12(17,18)10(28)24-8(4-2)6-26/h7-8,25-26H,3-6H2,1-2H3,(H,23,27)(H,24,28). The summed E-state index contributed by atoms with van der Waals surface area (Å²) < 4.78 is 110. The molecule has 0 aromatic heterocycles. The summed E-state index contributed by atoms with van der Waals surface area (Å²) in [5.41, 5.74) is 0. The second-order valence-electron chi connectivity index (χ2n) is 5.82.